The molecular weight excluding hydrogens is 324 g/mol. The molecule has 0 aliphatic carbocycles. The fourth-order valence-electron chi connectivity index (χ4n) is 2.76. The molecule has 2 aromatic carbocycles. The van der Waals surface area contributed by atoms with Gasteiger partial charge in [-0.1, -0.05) is 0 Å². The van der Waals surface area contributed by atoms with Gasteiger partial charge in [-0.05, 0) is 72.8 Å². The normalized spacial score (nSPS) is 10.6. The molecule has 0 saturated heterocycles. The molecule has 0 bridgehead atoms. The van der Waals surface area contributed by atoms with Crippen LogP contribution in [-0.2, 0) is 0 Å². The zero-order valence-corrected chi connectivity index (χ0v) is 14.4. The Morgan fingerprint density at radius 3 is 1.19 bits per heavy atom. The van der Waals surface area contributed by atoms with Gasteiger partial charge in [-0.25, -0.2) is 0 Å². The van der Waals surface area contributed by atoms with Crippen molar-refractivity contribution in [2.45, 2.75) is 0 Å². The number of ether oxygens (including phenoxy) is 2. The molecule has 0 N–H and O–H groups in total. The molecule has 4 nitrogen and oxygen atoms in total. The van der Waals surface area contributed by atoms with Crippen LogP contribution in [0.2, 0.25) is 0 Å². The molecule has 0 radical (unpaired) electrons. The van der Waals surface area contributed by atoms with E-state index in [2.05, 4.69) is 9.13 Å². The SMILES string of the molecule is c1ccn(-c2ccc(OCCOc3ccc(-n4cccc4)cc3)cc2)c1. The van der Waals surface area contributed by atoms with Crippen molar-refractivity contribution in [3.63, 3.8) is 0 Å². The van der Waals surface area contributed by atoms with Crippen molar-refractivity contribution >= 4 is 0 Å². The first-order valence-electron chi connectivity index (χ1n) is 8.61. The number of hydrogen-bond acceptors (Lipinski definition) is 2. The van der Waals surface area contributed by atoms with Crippen LogP contribution in [0.1, 0.15) is 0 Å². The molecular formula is C22H20N2O2. The minimum Gasteiger partial charge on any atom is -0.490 e. The highest BCUT2D eigenvalue weighted by atomic mass is 16.5. The van der Waals surface area contributed by atoms with E-state index in [0.717, 1.165) is 22.9 Å². The van der Waals surface area contributed by atoms with Crippen LogP contribution in [0.4, 0.5) is 0 Å². The van der Waals surface area contributed by atoms with E-state index in [0.29, 0.717) is 13.2 Å². The summed E-state index contributed by atoms with van der Waals surface area (Å²) in [6.07, 6.45) is 8.08. The number of nitrogens with zero attached hydrogens (tertiary/aromatic N) is 2. The van der Waals surface area contributed by atoms with Crippen LogP contribution in [0.3, 0.4) is 0 Å². The summed E-state index contributed by atoms with van der Waals surface area (Å²) in [5, 5.41) is 0. The van der Waals surface area contributed by atoms with Crippen LogP contribution >= 0.6 is 0 Å². The molecule has 0 fully saturated rings. The van der Waals surface area contributed by atoms with Gasteiger partial charge in [0.2, 0.25) is 0 Å². The maximum absolute atomic E-state index is 5.74. The summed E-state index contributed by atoms with van der Waals surface area (Å²) < 4.78 is 15.6. The van der Waals surface area contributed by atoms with Gasteiger partial charge in [-0.15, -0.1) is 0 Å². The van der Waals surface area contributed by atoms with Gasteiger partial charge in [0.25, 0.3) is 0 Å². The Morgan fingerprint density at radius 1 is 0.500 bits per heavy atom. The van der Waals surface area contributed by atoms with E-state index in [9.17, 15) is 0 Å². The fraction of sp³-hybridized carbons (Fsp3) is 0.0909. The van der Waals surface area contributed by atoms with Crippen molar-refractivity contribution in [3.8, 4) is 22.9 Å². The summed E-state index contributed by atoms with van der Waals surface area (Å²) in [4.78, 5) is 0. The third-order valence-electron chi connectivity index (χ3n) is 4.10. The first-order chi connectivity index (χ1) is 12.9. The molecule has 0 aliphatic rings. The Balaban J connectivity index is 1.25. The largest absolute Gasteiger partial charge is 0.490 e. The lowest BCUT2D eigenvalue weighted by Gasteiger charge is -2.10. The lowest BCUT2D eigenvalue weighted by molar-refractivity contribution is 0.217. The quantitative estimate of drug-likeness (QED) is 0.454. The van der Waals surface area contributed by atoms with Gasteiger partial charge in [0.15, 0.2) is 0 Å². The molecule has 0 saturated carbocycles. The van der Waals surface area contributed by atoms with Crippen LogP contribution < -0.4 is 9.47 Å². The van der Waals surface area contributed by atoms with Crippen LogP contribution in [0.5, 0.6) is 11.5 Å². The van der Waals surface area contributed by atoms with E-state index in [1.807, 2.05) is 97.6 Å². The molecule has 0 aliphatic heterocycles. The second-order valence-electron chi connectivity index (χ2n) is 5.87. The number of aromatic nitrogens is 2. The van der Waals surface area contributed by atoms with Crippen molar-refractivity contribution in [2.24, 2.45) is 0 Å². The van der Waals surface area contributed by atoms with E-state index < -0.39 is 0 Å². The first-order valence-corrected chi connectivity index (χ1v) is 8.61. The molecule has 0 unspecified atom stereocenters. The molecule has 130 valence electrons. The molecule has 4 heteroatoms. The standard InChI is InChI=1S/C22H20N2O2/c1-2-14-23(13-1)19-5-9-21(10-6-19)25-17-18-26-22-11-7-20(8-12-22)24-15-3-4-16-24/h1-16H,17-18H2. The molecule has 2 aromatic heterocycles. The third-order valence-corrected chi connectivity index (χ3v) is 4.10. The predicted molar refractivity (Wildman–Crippen MR) is 103 cm³/mol. The third kappa shape index (κ3) is 3.81. The maximum Gasteiger partial charge on any atom is 0.122 e. The van der Waals surface area contributed by atoms with Crippen molar-refractivity contribution in [1.82, 2.24) is 9.13 Å². The van der Waals surface area contributed by atoms with Gasteiger partial charge in [-0.2, -0.15) is 0 Å². The van der Waals surface area contributed by atoms with Gasteiger partial charge < -0.3 is 18.6 Å². The van der Waals surface area contributed by atoms with Gasteiger partial charge >= 0.3 is 0 Å². The minimum absolute atomic E-state index is 0.502. The zero-order valence-electron chi connectivity index (χ0n) is 14.4. The Bertz CT molecular complexity index is 830. The van der Waals surface area contributed by atoms with Gasteiger partial charge in [0, 0.05) is 36.2 Å². The Morgan fingerprint density at radius 2 is 0.846 bits per heavy atom. The van der Waals surface area contributed by atoms with E-state index in [4.69, 9.17) is 9.47 Å². The van der Waals surface area contributed by atoms with Crippen molar-refractivity contribution in [3.05, 3.63) is 97.6 Å². The van der Waals surface area contributed by atoms with Crippen LogP contribution in [-0.4, -0.2) is 22.3 Å². The minimum atomic E-state index is 0.502. The monoisotopic (exact) mass is 344 g/mol. The molecule has 0 amide bonds. The van der Waals surface area contributed by atoms with Crippen LogP contribution in [0, 0.1) is 0 Å². The summed E-state index contributed by atoms with van der Waals surface area (Å²) >= 11 is 0. The fourth-order valence-corrected chi connectivity index (χ4v) is 2.76. The van der Waals surface area contributed by atoms with Crippen molar-refractivity contribution in [2.75, 3.05) is 13.2 Å². The predicted octanol–water partition coefficient (Wildman–Crippen LogP) is 4.73. The van der Waals surface area contributed by atoms with Gasteiger partial charge in [0.05, 0.1) is 0 Å². The second kappa shape index (κ2) is 7.66. The highest BCUT2D eigenvalue weighted by molar-refractivity contribution is 5.38. The molecule has 4 aromatic rings. The highest BCUT2D eigenvalue weighted by Gasteiger charge is 1.99. The Hall–Kier alpha value is -3.40. The van der Waals surface area contributed by atoms with E-state index in [1.165, 1.54) is 0 Å². The summed E-state index contributed by atoms with van der Waals surface area (Å²) in [5.41, 5.74) is 2.22. The molecule has 0 spiro atoms. The Kier molecular flexibility index (Phi) is 4.74. The summed E-state index contributed by atoms with van der Waals surface area (Å²) in [6.45, 7) is 1.00. The first kappa shape index (κ1) is 16.1. The topological polar surface area (TPSA) is 28.3 Å². The van der Waals surface area contributed by atoms with Gasteiger partial charge in [-0.3, -0.25) is 0 Å². The average molecular weight is 344 g/mol. The zero-order chi connectivity index (χ0) is 17.6. The summed E-state index contributed by atoms with van der Waals surface area (Å²) in [7, 11) is 0. The number of hydrogen-bond donors (Lipinski definition) is 0. The highest BCUT2D eigenvalue weighted by Crippen LogP contribution is 2.17. The van der Waals surface area contributed by atoms with Crippen molar-refractivity contribution < 1.29 is 9.47 Å². The number of benzene rings is 2. The molecule has 26 heavy (non-hydrogen) atoms. The lowest BCUT2D eigenvalue weighted by atomic mass is 10.3. The van der Waals surface area contributed by atoms with Crippen LogP contribution in [0.25, 0.3) is 11.4 Å². The average Bonchev–Trinajstić information content (AvgIpc) is 3.40. The maximum atomic E-state index is 5.74. The van der Waals surface area contributed by atoms with E-state index in [1.54, 1.807) is 0 Å². The van der Waals surface area contributed by atoms with E-state index >= 15 is 0 Å². The smallest absolute Gasteiger partial charge is 0.122 e. The lowest BCUT2D eigenvalue weighted by Crippen LogP contribution is -2.09. The Labute approximate surface area is 152 Å². The van der Waals surface area contributed by atoms with Crippen molar-refractivity contribution in [1.29, 1.82) is 0 Å². The van der Waals surface area contributed by atoms with Gasteiger partial charge in [0.1, 0.15) is 24.7 Å². The molecule has 2 heterocycles. The summed E-state index contributed by atoms with van der Waals surface area (Å²) in [6, 6.07) is 24.1. The molecule has 4 rings (SSSR count). The second-order valence-corrected chi connectivity index (χ2v) is 5.87. The number of rotatable bonds is 7. The summed E-state index contributed by atoms with van der Waals surface area (Å²) in [5.74, 6) is 1.68. The van der Waals surface area contributed by atoms with Crippen LogP contribution in [0.15, 0.2) is 97.6 Å². The molecule has 0 atom stereocenters. The van der Waals surface area contributed by atoms with E-state index in [-0.39, 0.29) is 0 Å².